The van der Waals surface area contributed by atoms with Gasteiger partial charge in [-0.05, 0) is 49.8 Å². The third kappa shape index (κ3) is 4.64. The lowest BCUT2D eigenvalue weighted by Crippen LogP contribution is -2.39. The average Bonchev–Trinajstić information content (AvgIpc) is 2.93. The van der Waals surface area contributed by atoms with Gasteiger partial charge in [0.1, 0.15) is 5.75 Å². The van der Waals surface area contributed by atoms with E-state index in [2.05, 4.69) is 16.0 Å². The van der Waals surface area contributed by atoms with Crippen LogP contribution in [0.5, 0.6) is 5.75 Å². The SMILES string of the molecule is CNC(=O)c1cc(OC)ccc1NC(=O)CC1CC2CCC(C1)N2.Cl. The highest BCUT2D eigenvalue weighted by Crippen LogP contribution is 2.33. The van der Waals surface area contributed by atoms with Gasteiger partial charge in [0.25, 0.3) is 5.91 Å². The minimum absolute atomic E-state index is 0. The Morgan fingerprint density at radius 3 is 2.52 bits per heavy atom. The highest BCUT2D eigenvalue weighted by atomic mass is 35.5. The van der Waals surface area contributed by atoms with Crippen LogP contribution in [0.2, 0.25) is 0 Å². The molecule has 138 valence electrons. The minimum Gasteiger partial charge on any atom is -0.497 e. The maximum atomic E-state index is 12.4. The smallest absolute Gasteiger partial charge is 0.253 e. The highest BCUT2D eigenvalue weighted by molar-refractivity contribution is 6.04. The van der Waals surface area contributed by atoms with Crippen molar-refractivity contribution < 1.29 is 14.3 Å². The van der Waals surface area contributed by atoms with Crippen LogP contribution in [0.25, 0.3) is 0 Å². The van der Waals surface area contributed by atoms with E-state index in [0.717, 1.165) is 12.8 Å². The summed E-state index contributed by atoms with van der Waals surface area (Å²) < 4.78 is 5.16. The van der Waals surface area contributed by atoms with E-state index in [9.17, 15) is 9.59 Å². The fourth-order valence-electron chi connectivity index (χ4n) is 3.89. The summed E-state index contributed by atoms with van der Waals surface area (Å²) in [7, 11) is 3.12. The first-order chi connectivity index (χ1) is 11.6. The van der Waals surface area contributed by atoms with Gasteiger partial charge >= 0.3 is 0 Å². The van der Waals surface area contributed by atoms with Crippen molar-refractivity contribution in [1.29, 1.82) is 0 Å². The van der Waals surface area contributed by atoms with Crippen LogP contribution in [-0.4, -0.2) is 38.1 Å². The monoisotopic (exact) mass is 367 g/mol. The summed E-state index contributed by atoms with van der Waals surface area (Å²) in [6.07, 6.45) is 5.09. The molecule has 1 aromatic rings. The van der Waals surface area contributed by atoms with Gasteiger partial charge < -0.3 is 20.7 Å². The topological polar surface area (TPSA) is 79.5 Å². The molecule has 0 aromatic heterocycles. The van der Waals surface area contributed by atoms with E-state index in [4.69, 9.17) is 4.74 Å². The molecule has 0 radical (unpaired) electrons. The summed E-state index contributed by atoms with van der Waals surface area (Å²) in [5, 5.41) is 9.08. The number of amides is 2. The number of carbonyl (C=O) groups excluding carboxylic acids is 2. The number of halogens is 1. The second kappa shape index (κ2) is 8.54. The lowest BCUT2D eigenvalue weighted by molar-refractivity contribution is -0.117. The molecule has 1 aromatic carbocycles. The minimum atomic E-state index is -0.246. The normalized spacial score (nSPS) is 24.2. The van der Waals surface area contributed by atoms with Crippen LogP contribution in [0.1, 0.15) is 42.5 Å². The number of nitrogens with one attached hydrogen (secondary N) is 3. The molecular formula is C18H26ClN3O3. The van der Waals surface area contributed by atoms with E-state index in [-0.39, 0.29) is 24.2 Å². The number of hydrogen-bond acceptors (Lipinski definition) is 4. The van der Waals surface area contributed by atoms with Gasteiger partial charge in [-0.15, -0.1) is 12.4 Å². The van der Waals surface area contributed by atoms with Gasteiger partial charge in [0, 0.05) is 25.6 Å². The Bertz CT molecular complexity index is 626. The Morgan fingerprint density at radius 2 is 1.92 bits per heavy atom. The molecule has 2 atom stereocenters. The van der Waals surface area contributed by atoms with Crippen LogP contribution in [0, 0.1) is 5.92 Å². The quantitative estimate of drug-likeness (QED) is 0.746. The van der Waals surface area contributed by atoms with Gasteiger partial charge in [-0.25, -0.2) is 0 Å². The molecular weight excluding hydrogens is 342 g/mol. The summed E-state index contributed by atoms with van der Waals surface area (Å²) in [4.78, 5) is 24.5. The number of hydrogen-bond donors (Lipinski definition) is 3. The fourth-order valence-corrected chi connectivity index (χ4v) is 3.89. The zero-order valence-electron chi connectivity index (χ0n) is 14.6. The zero-order chi connectivity index (χ0) is 17.1. The van der Waals surface area contributed by atoms with Crippen molar-refractivity contribution in [3.8, 4) is 5.75 Å². The molecule has 3 N–H and O–H groups in total. The van der Waals surface area contributed by atoms with Crippen LogP contribution in [0.15, 0.2) is 18.2 Å². The van der Waals surface area contributed by atoms with Crippen LogP contribution >= 0.6 is 12.4 Å². The van der Waals surface area contributed by atoms with Gasteiger partial charge in [0.05, 0.1) is 18.4 Å². The number of fused-ring (bicyclic) bond motifs is 2. The molecule has 0 saturated carbocycles. The molecule has 2 heterocycles. The van der Waals surface area contributed by atoms with E-state index < -0.39 is 0 Å². The summed E-state index contributed by atoms with van der Waals surface area (Å²) in [5.41, 5.74) is 0.938. The molecule has 2 aliphatic heterocycles. The maximum absolute atomic E-state index is 12.4. The van der Waals surface area contributed by atoms with Crippen LogP contribution in [0.4, 0.5) is 5.69 Å². The van der Waals surface area contributed by atoms with Crippen molar-refractivity contribution in [3.05, 3.63) is 23.8 Å². The summed E-state index contributed by atoms with van der Waals surface area (Å²) in [6.45, 7) is 0. The molecule has 2 saturated heterocycles. The van der Waals surface area contributed by atoms with E-state index in [1.54, 1.807) is 32.4 Å². The summed E-state index contributed by atoms with van der Waals surface area (Å²) >= 11 is 0. The molecule has 3 rings (SSSR count). The van der Waals surface area contributed by atoms with Crippen molar-refractivity contribution in [2.45, 2.75) is 44.2 Å². The fraction of sp³-hybridized carbons (Fsp3) is 0.556. The van der Waals surface area contributed by atoms with Crippen molar-refractivity contribution in [1.82, 2.24) is 10.6 Å². The van der Waals surface area contributed by atoms with Crippen LogP contribution in [-0.2, 0) is 4.79 Å². The lowest BCUT2D eigenvalue weighted by Gasteiger charge is -2.28. The third-order valence-corrected chi connectivity index (χ3v) is 5.02. The average molecular weight is 368 g/mol. The zero-order valence-corrected chi connectivity index (χ0v) is 15.4. The number of carbonyl (C=O) groups is 2. The van der Waals surface area contributed by atoms with E-state index in [1.165, 1.54) is 12.8 Å². The first kappa shape index (κ1) is 19.5. The molecule has 0 spiro atoms. The van der Waals surface area contributed by atoms with Gasteiger partial charge in [-0.3, -0.25) is 9.59 Å². The second-order valence-corrected chi connectivity index (χ2v) is 6.72. The number of piperidine rings is 1. The molecule has 6 nitrogen and oxygen atoms in total. The number of methoxy groups -OCH3 is 1. The molecule has 2 amide bonds. The first-order valence-electron chi connectivity index (χ1n) is 8.55. The molecule has 7 heteroatoms. The van der Waals surface area contributed by atoms with E-state index in [1.807, 2.05) is 0 Å². The summed E-state index contributed by atoms with van der Waals surface area (Å²) in [6, 6.07) is 6.24. The van der Waals surface area contributed by atoms with Gasteiger partial charge in [0.2, 0.25) is 5.91 Å². The van der Waals surface area contributed by atoms with Gasteiger partial charge in [-0.1, -0.05) is 0 Å². The molecule has 25 heavy (non-hydrogen) atoms. The standard InChI is InChI=1S/C18H25N3O3.ClH/c1-19-18(23)15-10-14(24-2)5-6-16(15)21-17(22)9-11-7-12-3-4-13(8-11)20-12;/h5-6,10-13,20H,3-4,7-9H2,1-2H3,(H,19,23)(H,21,22);1H. The van der Waals surface area contributed by atoms with E-state index >= 15 is 0 Å². The Labute approximate surface area is 154 Å². The molecule has 2 unspecified atom stereocenters. The largest absolute Gasteiger partial charge is 0.497 e. The van der Waals surface area contributed by atoms with Crippen molar-refractivity contribution >= 4 is 29.9 Å². The number of benzene rings is 1. The van der Waals surface area contributed by atoms with Crippen LogP contribution in [0.3, 0.4) is 0 Å². The van der Waals surface area contributed by atoms with Crippen molar-refractivity contribution in [3.63, 3.8) is 0 Å². The highest BCUT2D eigenvalue weighted by Gasteiger charge is 2.34. The van der Waals surface area contributed by atoms with Gasteiger partial charge in [0.15, 0.2) is 0 Å². The van der Waals surface area contributed by atoms with Crippen molar-refractivity contribution in [2.75, 3.05) is 19.5 Å². The Balaban J connectivity index is 0.00000225. The Hall–Kier alpha value is -1.79. The number of ether oxygens (including phenoxy) is 1. The predicted octanol–water partition coefficient (Wildman–Crippen LogP) is 2.34. The van der Waals surface area contributed by atoms with E-state index in [0.29, 0.717) is 41.4 Å². The summed E-state index contributed by atoms with van der Waals surface area (Å²) in [5.74, 6) is 0.729. The van der Waals surface area contributed by atoms with Gasteiger partial charge in [-0.2, -0.15) is 0 Å². The number of rotatable bonds is 5. The predicted molar refractivity (Wildman–Crippen MR) is 99.5 cm³/mol. The van der Waals surface area contributed by atoms with Crippen molar-refractivity contribution in [2.24, 2.45) is 5.92 Å². The molecule has 0 aliphatic carbocycles. The second-order valence-electron chi connectivity index (χ2n) is 6.72. The number of anilines is 1. The molecule has 2 fully saturated rings. The lowest BCUT2D eigenvalue weighted by atomic mass is 9.89. The first-order valence-corrected chi connectivity index (χ1v) is 8.55. The third-order valence-electron chi connectivity index (χ3n) is 5.02. The molecule has 2 aliphatic rings. The Morgan fingerprint density at radius 1 is 1.24 bits per heavy atom. The maximum Gasteiger partial charge on any atom is 0.253 e. The molecule has 2 bridgehead atoms. The van der Waals surface area contributed by atoms with Crippen LogP contribution < -0.4 is 20.7 Å². The Kier molecular flexibility index (Phi) is 6.67.